The number of carbonyl (C=O) groups excluding carboxylic acids is 1. The van der Waals surface area contributed by atoms with Gasteiger partial charge in [-0.2, -0.15) is 13.2 Å². The van der Waals surface area contributed by atoms with E-state index in [1.165, 1.54) is 0 Å². The predicted molar refractivity (Wildman–Crippen MR) is 59.2 cm³/mol. The van der Waals surface area contributed by atoms with Gasteiger partial charge in [-0.25, -0.2) is 0 Å². The van der Waals surface area contributed by atoms with Crippen LogP contribution in [0.5, 0.6) is 0 Å². The summed E-state index contributed by atoms with van der Waals surface area (Å²) >= 11 is -0.320. The lowest BCUT2D eigenvalue weighted by Gasteiger charge is -2.19. The Morgan fingerprint density at radius 3 is 2.53 bits per heavy atom. The molecule has 0 heterocycles. The van der Waals surface area contributed by atoms with Gasteiger partial charge in [0.25, 0.3) is 0 Å². The summed E-state index contributed by atoms with van der Waals surface area (Å²) < 4.78 is 42.2. The van der Waals surface area contributed by atoms with E-state index in [1.54, 1.807) is 0 Å². The van der Waals surface area contributed by atoms with Crippen LogP contribution in [0.25, 0.3) is 0 Å². The Hall–Kier alpha value is -0.430. The molecule has 1 N–H and O–H groups in total. The largest absolute Gasteiger partial charge is 0.464 e. The minimum Gasteiger partial charge on any atom is -0.464 e. The van der Waals surface area contributed by atoms with E-state index in [4.69, 9.17) is 4.74 Å². The molecule has 0 atom stereocenters. The minimum atomic E-state index is -4.30. The lowest BCUT2D eigenvalue weighted by atomic mass is 9.89. The summed E-state index contributed by atoms with van der Waals surface area (Å²) in [5.41, 5.74) is -4.30. The fourth-order valence-electron chi connectivity index (χ4n) is 1.78. The molecule has 0 aromatic rings. The van der Waals surface area contributed by atoms with Crippen LogP contribution in [0.2, 0.25) is 0 Å². The molecule has 0 spiro atoms. The monoisotopic (exact) mass is 271 g/mol. The number of nitrogens with one attached hydrogen (secondary N) is 1. The van der Waals surface area contributed by atoms with Gasteiger partial charge in [0, 0.05) is 18.5 Å². The lowest BCUT2D eigenvalue weighted by Crippen LogP contribution is -2.24. The van der Waals surface area contributed by atoms with Crippen LogP contribution in [0, 0.1) is 5.92 Å². The van der Waals surface area contributed by atoms with Crippen LogP contribution < -0.4 is 4.72 Å². The number of hydrogen-bond acceptors (Lipinski definition) is 4. The molecular formula is C10H16F3NO2S. The molecule has 100 valence electrons. The first-order chi connectivity index (χ1) is 7.99. The number of hydrogen-bond donors (Lipinski definition) is 1. The van der Waals surface area contributed by atoms with Gasteiger partial charge in [-0.15, -0.1) is 0 Å². The maximum atomic E-state index is 11.7. The minimum absolute atomic E-state index is 0.00262. The molecule has 0 aromatic heterocycles. The average Bonchev–Trinajstić information content (AvgIpc) is 2.28. The zero-order valence-electron chi connectivity index (χ0n) is 9.39. The number of alkyl halides is 3. The highest BCUT2D eigenvalue weighted by Gasteiger charge is 2.28. The molecule has 0 aromatic carbocycles. The Morgan fingerprint density at radius 1 is 1.29 bits per heavy atom. The quantitative estimate of drug-likeness (QED) is 0.474. The number of halogens is 3. The van der Waals surface area contributed by atoms with Gasteiger partial charge in [-0.1, -0.05) is 19.3 Å². The highest BCUT2D eigenvalue weighted by Crippen LogP contribution is 2.27. The van der Waals surface area contributed by atoms with Gasteiger partial charge in [-0.3, -0.25) is 9.52 Å². The Bertz CT molecular complexity index is 242. The zero-order valence-corrected chi connectivity index (χ0v) is 10.2. The molecule has 0 amide bonds. The maximum Gasteiger partial charge on any atom is 0.456 e. The van der Waals surface area contributed by atoms with Crippen molar-refractivity contribution in [3.63, 3.8) is 0 Å². The molecular weight excluding hydrogens is 255 g/mol. The number of carbonyl (C=O) groups is 1. The topological polar surface area (TPSA) is 38.3 Å². The standard InChI is InChI=1S/C10H16F3NO2S/c11-10(12,13)17-14-6-7-16-9(15)8-4-2-1-3-5-8/h8,14H,1-7H2. The van der Waals surface area contributed by atoms with Crippen LogP contribution in [0.15, 0.2) is 0 Å². The summed E-state index contributed by atoms with van der Waals surface area (Å²) in [6.45, 7) is -0.0128. The van der Waals surface area contributed by atoms with Gasteiger partial charge in [0.15, 0.2) is 0 Å². The molecule has 1 aliphatic rings. The summed E-state index contributed by atoms with van der Waals surface area (Å²) in [5.74, 6) is -0.331. The van der Waals surface area contributed by atoms with Gasteiger partial charge < -0.3 is 4.74 Å². The van der Waals surface area contributed by atoms with Crippen molar-refractivity contribution in [3.05, 3.63) is 0 Å². The van der Waals surface area contributed by atoms with Crippen LogP contribution >= 0.6 is 11.9 Å². The highest BCUT2D eigenvalue weighted by molar-refractivity contribution is 7.98. The SMILES string of the molecule is O=C(OCCNSC(F)(F)F)C1CCCCC1. The van der Waals surface area contributed by atoms with E-state index >= 15 is 0 Å². The van der Waals surface area contributed by atoms with Crippen molar-refractivity contribution >= 4 is 17.9 Å². The Kier molecular flexibility index (Phi) is 6.11. The number of ether oxygens (including phenoxy) is 1. The normalized spacial score (nSPS) is 18.1. The molecule has 17 heavy (non-hydrogen) atoms. The lowest BCUT2D eigenvalue weighted by molar-refractivity contribution is -0.149. The van der Waals surface area contributed by atoms with Crippen LogP contribution in [0.1, 0.15) is 32.1 Å². The molecule has 1 saturated carbocycles. The summed E-state index contributed by atoms with van der Waals surface area (Å²) in [4.78, 5) is 11.5. The van der Waals surface area contributed by atoms with Crippen molar-refractivity contribution in [2.24, 2.45) is 5.92 Å². The molecule has 1 rings (SSSR count). The number of esters is 1. The first kappa shape index (κ1) is 14.6. The molecule has 0 bridgehead atoms. The van der Waals surface area contributed by atoms with Crippen LogP contribution in [0.4, 0.5) is 13.2 Å². The average molecular weight is 271 g/mol. The Balaban J connectivity index is 2.04. The molecule has 0 saturated heterocycles. The van der Waals surface area contributed by atoms with Gasteiger partial charge in [0.05, 0.1) is 5.92 Å². The van der Waals surface area contributed by atoms with Crippen molar-refractivity contribution in [2.75, 3.05) is 13.2 Å². The second-order valence-corrected chi connectivity index (χ2v) is 4.90. The van der Waals surface area contributed by atoms with E-state index in [9.17, 15) is 18.0 Å². The van der Waals surface area contributed by atoms with Crippen molar-refractivity contribution in [1.29, 1.82) is 0 Å². The van der Waals surface area contributed by atoms with E-state index in [1.807, 2.05) is 0 Å². The van der Waals surface area contributed by atoms with Crippen LogP contribution in [-0.2, 0) is 9.53 Å². The third kappa shape index (κ3) is 6.78. The molecule has 0 unspecified atom stereocenters. The van der Waals surface area contributed by atoms with E-state index < -0.39 is 5.51 Å². The van der Waals surface area contributed by atoms with Crippen molar-refractivity contribution in [2.45, 2.75) is 37.6 Å². The molecule has 1 aliphatic carbocycles. The van der Waals surface area contributed by atoms with E-state index in [0.29, 0.717) is 0 Å². The van der Waals surface area contributed by atoms with E-state index in [2.05, 4.69) is 4.72 Å². The van der Waals surface area contributed by atoms with E-state index in [-0.39, 0.29) is 37.0 Å². The van der Waals surface area contributed by atoms with E-state index in [0.717, 1.165) is 32.1 Å². The van der Waals surface area contributed by atoms with Crippen molar-refractivity contribution in [1.82, 2.24) is 4.72 Å². The maximum absolute atomic E-state index is 11.7. The first-order valence-electron chi connectivity index (χ1n) is 5.63. The summed E-state index contributed by atoms with van der Waals surface area (Å²) in [6, 6.07) is 0. The fraction of sp³-hybridized carbons (Fsp3) is 0.900. The first-order valence-corrected chi connectivity index (χ1v) is 6.45. The zero-order chi connectivity index (χ0) is 12.7. The van der Waals surface area contributed by atoms with Crippen LogP contribution in [0.3, 0.4) is 0 Å². The van der Waals surface area contributed by atoms with Gasteiger partial charge in [-0.05, 0) is 12.8 Å². The predicted octanol–water partition coefficient (Wildman–Crippen LogP) is 2.87. The Morgan fingerprint density at radius 2 is 1.94 bits per heavy atom. The summed E-state index contributed by atoms with van der Waals surface area (Å²) in [5, 5.41) is 0. The molecule has 7 heteroatoms. The highest BCUT2D eigenvalue weighted by atomic mass is 32.2. The molecule has 0 radical (unpaired) electrons. The van der Waals surface area contributed by atoms with Crippen molar-refractivity contribution in [3.8, 4) is 0 Å². The second kappa shape index (κ2) is 7.10. The second-order valence-electron chi connectivity index (χ2n) is 3.94. The summed E-state index contributed by atoms with van der Waals surface area (Å²) in [7, 11) is 0. The molecule has 0 aliphatic heterocycles. The van der Waals surface area contributed by atoms with Gasteiger partial charge in [0.1, 0.15) is 6.61 Å². The number of rotatable bonds is 5. The van der Waals surface area contributed by atoms with Gasteiger partial charge in [0.2, 0.25) is 0 Å². The fourth-order valence-corrected chi connectivity index (χ4v) is 2.13. The summed E-state index contributed by atoms with van der Waals surface area (Å²) in [6.07, 6.45) is 4.88. The van der Waals surface area contributed by atoms with Crippen LogP contribution in [-0.4, -0.2) is 24.6 Å². The van der Waals surface area contributed by atoms with Gasteiger partial charge >= 0.3 is 11.5 Å². The molecule has 3 nitrogen and oxygen atoms in total. The third-order valence-electron chi connectivity index (χ3n) is 2.57. The third-order valence-corrected chi connectivity index (χ3v) is 3.15. The molecule has 1 fully saturated rings. The Labute approximate surface area is 103 Å². The van der Waals surface area contributed by atoms with Crippen molar-refractivity contribution < 1.29 is 22.7 Å². The smallest absolute Gasteiger partial charge is 0.456 e.